The van der Waals surface area contributed by atoms with E-state index in [0.29, 0.717) is 16.4 Å². The highest BCUT2D eigenvalue weighted by molar-refractivity contribution is 9.10. The van der Waals surface area contributed by atoms with Gasteiger partial charge < -0.3 is 5.32 Å². The lowest BCUT2D eigenvalue weighted by atomic mass is 10.2. The first-order chi connectivity index (χ1) is 10.6. The van der Waals surface area contributed by atoms with E-state index in [2.05, 4.69) is 26.3 Å². The second-order valence-electron chi connectivity index (χ2n) is 4.68. The second kappa shape index (κ2) is 6.40. The van der Waals surface area contributed by atoms with Gasteiger partial charge in [0.2, 0.25) is 0 Å². The van der Waals surface area contributed by atoms with Gasteiger partial charge in [-0.1, -0.05) is 29.8 Å². The number of carbonyl (C=O) groups is 1. The molecule has 0 unspecified atom stereocenters. The van der Waals surface area contributed by atoms with E-state index in [0.717, 1.165) is 26.8 Å². The van der Waals surface area contributed by atoms with Gasteiger partial charge in [-0.05, 0) is 28.9 Å². The number of nitrogens with zero attached hydrogens (tertiary/aromatic N) is 2. The summed E-state index contributed by atoms with van der Waals surface area (Å²) in [5.41, 5.74) is 0.938. The van der Waals surface area contributed by atoms with Gasteiger partial charge in [0, 0.05) is 16.6 Å². The number of rotatable bonds is 4. The minimum absolute atomic E-state index is 0.165. The molecule has 4 nitrogen and oxygen atoms in total. The number of halogens is 2. The van der Waals surface area contributed by atoms with Crippen molar-refractivity contribution in [1.29, 1.82) is 0 Å². The Kier molecular flexibility index (Phi) is 4.52. The number of aromatic nitrogens is 2. The summed E-state index contributed by atoms with van der Waals surface area (Å²) in [6.07, 6.45) is 1.73. The Morgan fingerprint density at radius 3 is 2.95 bits per heavy atom. The van der Waals surface area contributed by atoms with Crippen molar-refractivity contribution in [3.05, 3.63) is 50.5 Å². The second-order valence-corrected chi connectivity index (χ2v) is 6.96. The molecule has 2 heterocycles. The number of amides is 1. The number of carbonyl (C=O) groups excluding carboxylic acids is 1. The van der Waals surface area contributed by atoms with Crippen molar-refractivity contribution in [1.82, 2.24) is 15.1 Å². The summed E-state index contributed by atoms with van der Waals surface area (Å²) >= 11 is 11.2. The lowest BCUT2D eigenvalue weighted by Gasteiger charge is -2.07. The largest absolute Gasteiger partial charge is 0.346 e. The average Bonchev–Trinajstić information content (AvgIpc) is 3.06. The molecule has 3 aromatic rings. The summed E-state index contributed by atoms with van der Waals surface area (Å²) in [4.78, 5) is 13.0. The quantitative estimate of drug-likeness (QED) is 0.705. The van der Waals surface area contributed by atoms with Gasteiger partial charge >= 0.3 is 0 Å². The maximum atomic E-state index is 12.4. The van der Waals surface area contributed by atoms with E-state index in [9.17, 15) is 4.79 Å². The van der Waals surface area contributed by atoms with Crippen LogP contribution in [-0.4, -0.2) is 15.7 Å². The molecule has 2 aromatic heterocycles. The van der Waals surface area contributed by atoms with Crippen LogP contribution in [0, 0.1) is 0 Å². The molecule has 0 bridgehead atoms. The molecule has 0 aliphatic carbocycles. The minimum atomic E-state index is -0.165. The first-order valence-corrected chi connectivity index (χ1v) is 8.76. The van der Waals surface area contributed by atoms with Crippen LogP contribution in [0.15, 0.2) is 34.9 Å². The van der Waals surface area contributed by atoms with Gasteiger partial charge in [0.25, 0.3) is 5.91 Å². The molecule has 22 heavy (non-hydrogen) atoms. The number of hydrogen-bond donors (Lipinski definition) is 1. The first-order valence-electron chi connectivity index (χ1n) is 6.77. The zero-order valence-corrected chi connectivity index (χ0v) is 14.9. The lowest BCUT2D eigenvalue weighted by Crippen LogP contribution is -2.24. The molecule has 0 spiro atoms. The van der Waals surface area contributed by atoms with Crippen molar-refractivity contribution in [2.24, 2.45) is 0 Å². The Morgan fingerprint density at radius 2 is 2.23 bits per heavy atom. The van der Waals surface area contributed by atoms with Crippen molar-refractivity contribution in [3.63, 3.8) is 0 Å². The van der Waals surface area contributed by atoms with Crippen LogP contribution in [0.25, 0.3) is 10.1 Å². The summed E-state index contributed by atoms with van der Waals surface area (Å²) in [7, 11) is 0. The van der Waals surface area contributed by atoms with Crippen molar-refractivity contribution in [2.75, 3.05) is 0 Å². The van der Waals surface area contributed by atoms with E-state index in [-0.39, 0.29) is 5.91 Å². The summed E-state index contributed by atoms with van der Waals surface area (Å²) in [6.45, 7) is 3.16. The summed E-state index contributed by atoms with van der Waals surface area (Å²) in [5, 5.41) is 8.58. The molecule has 0 atom stereocenters. The molecular formula is C15H13BrClN3OS. The number of benzene rings is 1. The molecule has 0 fully saturated rings. The summed E-state index contributed by atoms with van der Waals surface area (Å²) in [6, 6.07) is 7.74. The van der Waals surface area contributed by atoms with Crippen LogP contribution < -0.4 is 5.32 Å². The number of hydrogen-bond acceptors (Lipinski definition) is 3. The van der Waals surface area contributed by atoms with Crippen molar-refractivity contribution in [3.8, 4) is 0 Å². The fraction of sp³-hybridized carbons (Fsp3) is 0.200. The number of nitrogens with one attached hydrogen (secondary N) is 1. The van der Waals surface area contributed by atoms with Crippen LogP contribution in [-0.2, 0) is 13.1 Å². The van der Waals surface area contributed by atoms with Gasteiger partial charge in [-0.15, -0.1) is 11.3 Å². The van der Waals surface area contributed by atoms with Crippen LogP contribution >= 0.6 is 38.9 Å². The zero-order chi connectivity index (χ0) is 15.7. The Bertz CT molecular complexity index is 843. The van der Waals surface area contributed by atoms with E-state index >= 15 is 0 Å². The molecule has 0 aliphatic heterocycles. The van der Waals surface area contributed by atoms with Gasteiger partial charge in [0.05, 0.1) is 27.9 Å². The van der Waals surface area contributed by atoms with E-state index in [1.807, 2.05) is 35.9 Å². The maximum absolute atomic E-state index is 12.4. The monoisotopic (exact) mass is 397 g/mol. The average molecular weight is 399 g/mol. The number of thiophene rings is 1. The Balaban J connectivity index is 1.82. The van der Waals surface area contributed by atoms with Crippen LogP contribution in [0.3, 0.4) is 0 Å². The van der Waals surface area contributed by atoms with E-state index in [4.69, 9.17) is 11.6 Å². The molecular weight excluding hydrogens is 386 g/mol. The Hall–Kier alpha value is -1.37. The third-order valence-corrected chi connectivity index (χ3v) is 5.69. The van der Waals surface area contributed by atoms with Gasteiger partial charge in [0.1, 0.15) is 4.88 Å². The summed E-state index contributed by atoms with van der Waals surface area (Å²) < 4.78 is 3.74. The lowest BCUT2D eigenvalue weighted by molar-refractivity contribution is 0.0954. The third kappa shape index (κ3) is 2.78. The van der Waals surface area contributed by atoms with Crippen molar-refractivity contribution in [2.45, 2.75) is 20.0 Å². The minimum Gasteiger partial charge on any atom is -0.346 e. The predicted octanol–water partition coefficient (Wildman–Crippen LogP) is 4.46. The predicted molar refractivity (Wildman–Crippen MR) is 93.6 cm³/mol. The van der Waals surface area contributed by atoms with E-state index in [1.54, 1.807) is 6.20 Å². The molecule has 0 saturated carbocycles. The molecule has 3 rings (SSSR count). The summed E-state index contributed by atoms with van der Waals surface area (Å²) in [5.74, 6) is -0.165. The number of fused-ring (bicyclic) bond motifs is 1. The van der Waals surface area contributed by atoms with Crippen LogP contribution in [0.5, 0.6) is 0 Å². The highest BCUT2D eigenvalue weighted by Gasteiger charge is 2.17. The van der Waals surface area contributed by atoms with E-state index < -0.39 is 0 Å². The molecule has 1 aromatic carbocycles. The van der Waals surface area contributed by atoms with Crippen LogP contribution in [0.1, 0.15) is 22.3 Å². The standard InChI is InChI=1S/C15H13BrClN3OS/c1-2-20-11(10(16)7-19-20)8-18-15(21)14-13(17)9-5-3-4-6-12(9)22-14/h3-7H,2,8H2,1H3,(H,18,21). The molecule has 0 saturated heterocycles. The highest BCUT2D eigenvalue weighted by atomic mass is 79.9. The fourth-order valence-corrected chi connectivity index (χ4v) is 4.11. The number of aryl methyl sites for hydroxylation is 1. The van der Waals surface area contributed by atoms with Crippen LogP contribution in [0.4, 0.5) is 0 Å². The molecule has 1 amide bonds. The molecule has 114 valence electrons. The highest BCUT2D eigenvalue weighted by Crippen LogP contribution is 2.35. The smallest absolute Gasteiger partial charge is 0.263 e. The topological polar surface area (TPSA) is 46.9 Å². The van der Waals surface area contributed by atoms with Gasteiger partial charge in [-0.3, -0.25) is 9.48 Å². The molecule has 1 N–H and O–H groups in total. The Labute approximate surface area is 145 Å². The normalized spacial score (nSPS) is 11.0. The molecule has 7 heteroatoms. The zero-order valence-electron chi connectivity index (χ0n) is 11.8. The molecule has 0 aliphatic rings. The third-order valence-electron chi connectivity index (χ3n) is 3.35. The first kappa shape index (κ1) is 15.5. The van der Waals surface area contributed by atoms with Gasteiger partial charge in [-0.2, -0.15) is 5.10 Å². The SMILES string of the molecule is CCn1ncc(Br)c1CNC(=O)c1sc2ccccc2c1Cl. The molecule has 0 radical (unpaired) electrons. The van der Waals surface area contributed by atoms with Crippen molar-refractivity contribution >= 4 is 54.9 Å². The van der Waals surface area contributed by atoms with E-state index in [1.165, 1.54) is 11.3 Å². The van der Waals surface area contributed by atoms with Gasteiger partial charge in [-0.25, -0.2) is 0 Å². The Morgan fingerprint density at radius 1 is 1.45 bits per heavy atom. The maximum Gasteiger partial charge on any atom is 0.263 e. The van der Waals surface area contributed by atoms with Crippen LogP contribution in [0.2, 0.25) is 5.02 Å². The van der Waals surface area contributed by atoms with Crippen molar-refractivity contribution < 1.29 is 4.79 Å². The fourth-order valence-electron chi connectivity index (χ4n) is 2.24. The van der Waals surface area contributed by atoms with Gasteiger partial charge in [0.15, 0.2) is 0 Å².